The first-order chi connectivity index (χ1) is 25.0. The minimum atomic E-state index is -5.82. The van der Waals surface area contributed by atoms with E-state index in [0.29, 0.717) is 33.8 Å². The van der Waals surface area contributed by atoms with Crippen molar-refractivity contribution in [3.05, 3.63) is 82.8 Å². The largest absolute Gasteiger partial charge is 0.492 e. The Morgan fingerprint density at radius 1 is 0.811 bits per heavy atom. The Kier molecular flexibility index (Phi) is 9.96. The zero-order valence-corrected chi connectivity index (χ0v) is 30.5. The Morgan fingerprint density at radius 3 is 2.08 bits per heavy atom. The molecule has 3 atom stereocenters. The highest BCUT2D eigenvalue weighted by Gasteiger charge is 2.60. The van der Waals surface area contributed by atoms with Crippen molar-refractivity contribution in [2.75, 3.05) is 0 Å². The summed E-state index contributed by atoms with van der Waals surface area (Å²) in [5.74, 6) is -8.64. The Bertz CT molecular complexity index is 2170. The van der Waals surface area contributed by atoms with Crippen LogP contribution in [0.4, 0.5) is 22.0 Å². The van der Waals surface area contributed by atoms with Gasteiger partial charge in [-0.25, -0.2) is 13.2 Å². The van der Waals surface area contributed by atoms with Gasteiger partial charge in [-0.15, -0.1) is 0 Å². The Labute approximate surface area is 310 Å². The molecule has 53 heavy (non-hydrogen) atoms. The molecule has 1 aliphatic carbocycles. The van der Waals surface area contributed by atoms with Gasteiger partial charge in [0.15, 0.2) is 0 Å². The maximum atomic E-state index is 17.2. The van der Waals surface area contributed by atoms with Crippen molar-refractivity contribution in [2.24, 2.45) is 5.73 Å². The van der Waals surface area contributed by atoms with Crippen LogP contribution in [0.15, 0.2) is 82.2 Å². The number of nitrogens with zero attached hydrogens (tertiary/aromatic N) is 2. The summed E-state index contributed by atoms with van der Waals surface area (Å²) in [7, 11) is -5.62. The van der Waals surface area contributed by atoms with Gasteiger partial charge in [-0.1, -0.05) is 46.3 Å². The Morgan fingerprint density at radius 2 is 1.40 bits per heavy atom. The fourth-order valence-electron chi connectivity index (χ4n) is 7.79. The highest BCUT2D eigenvalue weighted by molar-refractivity contribution is 9.10. The molecular weight excluding hydrogens is 789 g/mol. The number of ether oxygens (including phenoxy) is 1. The minimum absolute atomic E-state index is 0.0236. The first kappa shape index (κ1) is 37.5. The summed E-state index contributed by atoms with van der Waals surface area (Å²) < 4.78 is 111. The number of benzene rings is 4. The molecule has 2 N–H and O–H groups in total. The zero-order valence-electron chi connectivity index (χ0n) is 28.1. The molecule has 2 saturated heterocycles. The van der Waals surface area contributed by atoms with E-state index < -0.39 is 67.1 Å². The average molecular weight is 825 g/mol. The number of hydroxylamine groups is 1. The van der Waals surface area contributed by atoms with E-state index in [2.05, 4.69) is 20.8 Å². The molecule has 0 aromatic heterocycles. The number of fused-ring (bicyclic) bond motifs is 4. The van der Waals surface area contributed by atoms with E-state index in [4.69, 9.17) is 10.5 Å². The van der Waals surface area contributed by atoms with Crippen LogP contribution in [0.25, 0.3) is 21.5 Å². The molecule has 1 saturated carbocycles. The molecule has 9 nitrogen and oxygen atoms in total. The molecule has 1 amide bonds. The summed E-state index contributed by atoms with van der Waals surface area (Å²) >= 11 is 3.31. The van der Waals surface area contributed by atoms with Crippen LogP contribution < -0.4 is 10.5 Å². The van der Waals surface area contributed by atoms with Crippen molar-refractivity contribution in [1.82, 2.24) is 9.37 Å². The van der Waals surface area contributed by atoms with Crippen LogP contribution in [-0.4, -0.2) is 66.1 Å². The number of halogens is 6. The topological polar surface area (TPSA) is 119 Å². The van der Waals surface area contributed by atoms with Crippen LogP contribution in [0.1, 0.15) is 56.9 Å². The molecule has 2 heterocycles. The molecule has 2 bridgehead atoms. The van der Waals surface area contributed by atoms with Gasteiger partial charge in [0.05, 0.1) is 11.0 Å². The third-order valence-electron chi connectivity index (χ3n) is 10.3. The number of hydrogen-bond donors (Lipinski definition) is 1. The number of sulfonamides is 1. The van der Waals surface area contributed by atoms with Gasteiger partial charge < -0.3 is 20.2 Å². The van der Waals surface area contributed by atoms with E-state index in [-0.39, 0.29) is 35.8 Å². The number of carbonyl (C=O) groups is 2. The van der Waals surface area contributed by atoms with Gasteiger partial charge in [-0.05, 0) is 120 Å². The number of amides is 1. The lowest BCUT2D eigenvalue weighted by Gasteiger charge is -2.42. The number of hydrogen-bond acceptors (Lipinski definition) is 7. The van der Waals surface area contributed by atoms with Crippen LogP contribution in [0.2, 0.25) is 0 Å². The summed E-state index contributed by atoms with van der Waals surface area (Å²) in [5.41, 5.74) is 5.26. The van der Waals surface area contributed by atoms with Gasteiger partial charge in [0, 0.05) is 28.2 Å². The normalized spacial score (nSPS) is 21.7. The third kappa shape index (κ3) is 7.34. The molecular formula is C37H35BrF5N3O6S. The lowest BCUT2D eigenvalue weighted by Crippen LogP contribution is -2.62. The summed E-state index contributed by atoms with van der Waals surface area (Å²) in [5, 5.41) is 1.53. The number of nitrogens with two attached hydrogens (primary N) is 1. The van der Waals surface area contributed by atoms with Crippen LogP contribution in [0.3, 0.4) is 0 Å². The highest BCUT2D eigenvalue weighted by atomic mass is 79.9. The second-order valence-electron chi connectivity index (χ2n) is 13.9. The molecule has 282 valence electrons. The summed E-state index contributed by atoms with van der Waals surface area (Å²) in [4.78, 5) is 31.7. The predicted octanol–water partition coefficient (Wildman–Crippen LogP) is 7.73. The van der Waals surface area contributed by atoms with Gasteiger partial charge in [-0.3, -0.25) is 4.79 Å². The van der Waals surface area contributed by atoms with Crippen LogP contribution in [0.5, 0.6) is 5.75 Å². The van der Waals surface area contributed by atoms with Crippen LogP contribution in [0, 0.1) is 0 Å². The molecule has 3 fully saturated rings. The van der Waals surface area contributed by atoms with Crippen molar-refractivity contribution < 1.29 is 49.5 Å². The monoisotopic (exact) mass is 823 g/mol. The van der Waals surface area contributed by atoms with E-state index in [9.17, 15) is 31.2 Å². The van der Waals surface area contributed by atoms with Gasteiger partial charge in [0.2, 0.25) is 6.04 Å². The molecule has 16 heteroatoms. The van der Waals surface area contributed by atoms with E-state index in [0.717, 1.165) is 54.8 Å². The number of piperidine rings is 1. The van der Waals surface area contributed by atoms with Crippen molar-refractivity contribution in [2.45, 2.75) is 98.6 Å². The molecule has 7 rings (SSSR count). The van der Waals surface area contributed by atoms with Crippen LogP contribution >= 0.6 is 15.9 Å². The molecule has 3 aliphatic rings. The lowest BCUT2D eigenvalue weighted by molar-refractivity contribution is -0.240. The Hall–Kier alpha value is -3.86. The second kappa shape index (κ2) is 14.1. The van der Waals surface area contributed by atoms with Crippen molar-refractivity contribution in [3.63, 3.8) is 0 Å². The van der Waals surface area contributed by atoms with Crippen molar-refractivity contribution in [1.29, 1.82) is 0 Å². The zero-order chi connectivity index (χ0) is 37.9. The fraction of sp³-hybridized carbons (Fsp3) is 0.405. The highest BCUT2D eigenvalue weighted by Crippen LogP contribution is 2.44. The molecule has 4 aromatic rings. The second-order valence-corrected chi connectivity index (χ2v) is 16.6. The lowest BCUT2D eigenvalue weighted by atomic mass is 9.94. The maximum Gasteiger partial charge on any atom is 0.492 e. The Balaban J connectivity index is 1.35. The van der Waals surface area contributed by atoms with E-state index in [1.54, 1.807) is 24.3 Å². The molecule has 2 unspecified atom stereocenters. The summed E-state index contributed by atoms with van der Waals surface area (Å²) in [6.07, 6.45) is -0.831. The van der Waals surface area contributed by atoms with Gasteiger partial charge in [0.1, 0.15) is 5.75 Å². The standard InChI is InChI=1S/C37H35BrF5N3O6S/c38-26-10-6-21-15-25(9-5-22(21)16-26)36(39,40)33(34(47)45-28-11-12-29(45)20-27(44)19-28)46(52-35(48)37(41,42)43)53(49,50)32-14-8-23-17-31(13-7-24(23)18-32)51-30-3-1-2-4-30/h5-10,13-18,27-30,33H,1-4,11-12,19-20,44H2/t27?,28?,29?,33-/m0/s1. The van der Waals surface area contributed by atoms with E-state index in [1.807, 2.05) is 0 Å². The number of alkyl halides is 5. The minimum Gasteiger partial charge on any atom is -0.490 e. The van der Waals surface area contributed by atoms with E-state index in [1.165, 1.54) is 24.3 Å². The molecule has 0 radical (unpaired) electrons. The first-order valence-electron chi connectivity index (χ1n) is 17.2. The van der Waals surface area contributed by atoms with Gasteiger partial charge in [0.25, 0.3) is 15.9 Å². The maximum absolute atomic E-state index is 17.2. The SMILES string of the molecule is NC1CC2CCC(C1)N2C(=O)[C@H](N(OC(=O)C(F)(F)F)S(=O)(=O)c1ccc2cc(OC3CCCC3)ccc2c1)C(F)(F)c1ccc2cc(Br)ccc2c1. The van der Waals surface area contributed by atoms with Gasteiger partial charge >= 0.3 is 18.1 Å². The number of rotatable bonds is 9. The fourth-order valence-corrected chi connectivity index (χ4v) is 9.56. The average Bonchev–Trinajstić information content (AvgIpc) is 3.71. The smallest absolute Gasteiger partial charge is 0.490 e. The van der Waals surface area contributed by atoms with Crippen molar-refractivity contribution >= 4 is 59.4 Å². The van der Waals surface area contributed by atoms with Gasteiger partial charge in [-0.2, -0.15) is 22.0 Å². The van der Waals surface area contributed by atoms with Crippen LogP contribution in [-0.2, 0) is 30.4 Å². The number of carbonyl (C=O) groups excluding carboxylic acids is 2. The van der Waals surface area contributed by atoms with E-state index >= 15 is 8.78 Å². The first-order valence-corrected chi connectivity index (χ1v) is 19.4. The molecule has 0 spiro atoms. The summed E-state index contributed by atoms with van der Waals surface area (Å²) in [6.45, 7) is 0. The quantitative estimate of drug-likeness (QED) is 0.136. The van der Waals surface area contributed by atoms with Crippen molar-refractivity contribution in [3.8, 4) is 5.75 Å². The summed E-state index contributed by atoms with van der Waals surface area (Å²) in [6, 6.07) is 11.1. The third-order valence-corrected chi connectivity index (χ3v) is 12.4. The molecule has 4 aromatic carbocycles. The predicted molar refractivity (Wildman–Crippen MR) is 188 cm³/mol. The molecule has 2 aliphatic heterocycles.